The number of allylic oxidation sites excluding steroid dienone is 4. The Labute approximate surface area is 600 Å². The van der Waals surface area contributed by atoms with Crippen LogP contribution < -0.4 is 18.9 Å². The van der Waals surface area contributed by atoms with E-state index in [-0.39, 0.29) is 65.5 Å². The van der Waals surface area contributed by atoms with Crippen LogP contribution >= 0.6 is 57.4 Å². The molecule has 2 aliphatic carbocycles. The largest absolute Gasteiger partial charge is 1.00 e. The fourth-order valence-electron chi connectivity index (χ4n) is 11.2. The molecule has 3 heterocycles. The number of carboxylic acid groups (broad SMARTS) is 1. The summed E-state index contributed by atoms with van der Waals surface area (Å²) in [6.07, 6.45) is 7.38. The molecular formula is C72H69Cl3ILiN6O14. The quantitative estimate of drug-likeness (QED) is 0.0576. The molecule has 0 radical (unpaired) electrons. The number of ether oxygens (including phenoxy) is 4. The number of esters is 4. The second-order valence-corrected chi connectivity index (χ2v) is 27.1. The minimum absolute atomic E-state index is 0. The van der Waals surface area contributed by atoms with Gasteiger partial charge in [0.25, 0.3) is 17.7 Å². The van der Waals surface area contributed by atoms with Crippen LogP contribution in [-0.4, -0.2) is 113 Å². The molecule has 0 saturated carbocycles. The Hall–Kier alpha value is -8.27. The SMILES string of the molecule is COC(=O)c1ccc2c(C3=CCC(C(=O)OC(C)(C)C)CC3)nn(C(=O)c3c(C)cccc3Cl)c2c1.COC(=O)c1ccc2c(I)nn(C(=O)c3c(C)cccc3Cl)c2c1.Cc1cccc(Cl)c1C(=O)n1nc(C2=CCC(C(=O)OC(C)(C)C)CC2)c2ccc(C(=O)O)cc21.[Li+].[OH-]. The number of aromatic carboxylic acids is 1. The first-order valence-electron chi connectivity index (χ1n) is 30.3. The van der Waals surface area contributed by atoms with Crippen molar-refractivity contribution in [3.63, 3.8) is 0 Å². The molecule has 2 atom stereocenters. The topological polar surface area (TPSA) is 277 Å². The molecule has 2 aliphatic rings. The standard InChI is InChI=1S/C28H29ClN2O5.C27H27ClN2O5.C17H12ClIN2O3.Li.H2O/c1-16-7-6-8-21(29)23(16)25(32)31-22-15-19(26(33)35-5)13-14-20(22)24(30-31)17-9-11-18(12-10-17)27(34)36-28(2,3)4;1-15-6-5-7-20(28)22(15)24(31)30-21-14-18(25(32)33)12-13-19(21)23(29-30)16-8-10-17(11-9-16)26(34)35-27(2,3)4;1-9-4-3-5-12(18)14(9)16(22)21-13-8-10(17(23)24-2)6-7-11(13)15(19)20-21;;/h6-9,13-15,18H,10-12H2,1-5H3;5-8,12-14,17H,9-11H2,1-4H3,(H,32,33);3-8H,1-2H3;;1H2/q;;;+1;/p-1. The maximum absolute atomic E-state index is 13.6. The average Bonchev–Trinajstić information content (AvgIpc) is 1.64. The zero-order valence-corrected chi connectivity index (χ0v) is 59.9. The van der Waals surface area contributed by atoms with E-state index in [1.165, 1.54) is 40.4 Å². The summed E-state index contributed by atoms with van der Waals surface area (Å²) in [4.78, 5) is 101. The zero-order valence-electron chi connectivity index (χ0n) is 55.4. The molecule has 9 aromatic rings. The van der Waals surface area contributed by atoms with E-state index in [4.69, 9.17) is 58.8 Å². The molecule has 11 rings (SSSR count). The molecule has 0 bridgehead atoms. The van der Waals surface area contributed by atoms with E-state index in [2.05, 4.69) is 32.8 Å². The first-order chi connectivity index (χ1) is 44.9. The summed E-state index contributed by atoms with van der Waals surface area (Å²) in [6.45, 7) is 16.5. The van der Waals surface area contributed by atoms with E-state index in [1.54, 1.807) is 91.9 Å². The minimum atomic E-state index is -1.10. The van der Waals surface area contributed by atoms with Crippen LogP contribution in [0.25, 0.3) is 43.9 Å². The van der Waals surface area contributed by atoms with Gasteiger partial charge in [-0.25, -0.2) is 14.4 Å². The molecule has 20 nitrogen and oxygen atoms in total. The number of rotatable bonds is 10. The van der Waals surface area contributed by atoms with Crippen molar-refractivity contribution in [2.24, 2.45) is 11.8 Å². The molecule has 0 aliphatic heterocycles. The third-order valence-electron chi connectivity index (χ3n) is 15.9. The Morgan fingerprint density at radius 2 is 0.835 bits per heavy atom. The van der Waals surface area contributed by atoms with Crippen LogP contribution in [0, 0.1) is 36.3 Å². The van der Waals surface area contributed by atoms with Crippen LogP contribution in [-0.2, 0) is 28.5 Å². The molecule has 6 aromatic carbocycles. The van der Waals surface area contributed by atoms with Crippen molar-refractivity contribution in [2.75, 3.05) is 14.2 Å². The predicted octanol–water partition coefficient (Wildman–Crippen LogP) is 12.8. The van der Waals surface area contributed by atoms with Gasteiger partial charge in [-0.1, -0.05) is 83.4 Å². The molecule has 2 unspecified atom stereocenters. The molecule has 500 valence electrons. The van der Waals surface area contributed by atoms with Crippen molar-refractivity contribution < 1.29 is 86.7 Å². The second kappa shape index (κ2) is 31.5. The maximum Gasteiger partial charge on any atom is 1.00 e. The Morgan fingerprint density at radius 3 is 1.15 bits per heavy atom. The van der Waals surface area contributed by atoms with E-state index in [0.717, 1.165) is 33.0 Å². The van der Waals surface area contributed by atoms with Gasteiger partial charge in [-0.05, 0) is 224 Å². The van der Waals surface area contributed by atoms with Crippen molar-refractivity contribution in [1.82, 2.24) is 29.3 Å². The van der Waals surface area contributed by atoms with Gasteiger partial charge in [0, 0.05) is 16.2 Å². The van der Waals surface area contributed by atoms with Gasteiger partial charge < -0.3 is 29.5 Å². The van der Waals surface area contributed by atoms with E-state index >= 15 is 0 Å². The minimum Gasteiger partial charge on any atom is -0.870 e. The van der Waals surface area contributed by atoms with Gasteiger partial charge in [-0.15, -0.1) is 0 Å². The summed E-state index contributed by atoms with van der Waals surface area (Å²) in [7, 11) is 2.62. The number of aryl methyl sites for hydroxylation is 3. The van der Waals surface area contributed by atoms with Gasteiger partial charge in [0.15, 0.2) is 0 Å². The Kier molecular flexibility index (Phi) is 24.7. The average molecular weight is 1480 g/mol. The Bertz CT molecular complexity index is 4630. The molecule has 0 fully saturated rings. The number of fused-ring (bicyclic) bond motifs is 3. The Morgan fingerprint density at radius 1 is 0.505 bits per heavy atom. The summed E-state index contributed by atoms with van der Waals surface area (Å²) in [5.41, 5.74) is 7.34. The van der Waals surface area contributed by atoms with Crippen molar-refractivity contribution in [3.05, 3.63) is 202 Å². The maximum atomic E-state index is 13.6. The van der Waals surface area contributed by atoms with E-state index < -0.39 is 35.0 Å². The van der Waals surface area contributed by atoms with E-state index in [0.29, 0.717) is 124 Å². The van der Waals surface area contributed by atoms with Gasteiger partial charge in [0.05, 0.1) is 102 Å². The van der Waals surface area contributed by atoms with Crippen LogP contribution in [0.15, 0.2) is 121 Å². The summed E-state index contributed by atoms with van der Waals surface area (Å²) in [5.74, 6) is -4.14. The number of halogens is 4. The van der Waals surface area contributed by atoms with Crippen LogP contribution in [0.3, 0.4) is 0 Å². The number of hydrogen-bond acceptors (Lipinski definition) is 16. The number of nitrogens with zero attached hydrogens (tertiary/aromatic N) is 6. The zero-order chi connectivity index (χ0) is 69.1. The summed E-state index contributed by atoms with van der Waals surface area (Å²) in [6, 6.07) is 30.4. The normalized spacial score (nSPS) is 14.4. The number of carbonyl (C=O) groups is 8. The van der Waals surface area contributed by atoms with Gasteiger partial charge >= 0.3 is 48.7 Å². The van der Waals surface area contributed by atoms with E-state index in [1.807, 2.05) is 79.7 Å². The third kappa shape index (κ3) is 17.0. The first kappa shape index (κ1) is 76.1. The van der Waals surface area contributed by atoms with Gasteiger partial charge in [0.1, 0.15) is 14.9 Å². The van der Waals surface area contributed by atoms with Crippen molar-refractivity contribution in [3.8, 4) is 0 Å². The molecular weight excluding hydrogens is 1410 g/mol. The Balaban J connectivity index is 0.000000207. The van der Waals surface area contributed by atoms with Gasteiger partial charge in [0.2, 0.25) is 0 Å². The smallest absolute Gasteiger partial charge is 0.870 e. The summed E-state index contributed by atoms with van der Waals surface area (Å²) < 4.78 is 25.2. The molecule has 0 saturated heterocycles. The molecule has 2 N–H and O–H groups in total. The number of methoxy groups -OCH3 is 2. The molecule has 0 spiro atoms. The van der Waals surface area contributed by atoms with Crippen molar-refractivity contribution >= 4 is 149 Å². The monoisotopic (exact) mass is 1480 g/mol. The number of benzene rings is 6. The number of hydrogen-bond donors (Lipinski definition) is 1. The summed E-state index contributed by atoms with van der Waals surface area (Å²) in [5, 5.41) is 26.3. The van der Waals surface area contributed by atoms with Crippen LogP contribution in [0.2, 0.25) is 15.1 Å². The van der Waals surface area contributed by atoms with Gasteiger partial charge in [-0.2, -0.15) is 29.3 Å². The predicted molar refractivity (Wildman–Crippen MR) is 374 cm³/mol. The number of carboxylic acids is 1. The van der Waals surface area contributed by atoms with Crippen LogP contribution in [0.1, 0.15) is 170 Å². The third-order valence-corrected chi connectivity index (χ3v) is 17.6. The van der Waals surface area contributed by atoms with Crippen LogP contribution in [0.4, 0.5) is 0 Å². The van der Waals surface area contributed by atoms with Crippen LogP contribution in [0.5, 0.6) is 0 Å². The number of aromatic nitrogens is 6. The van der Waals surface area contributed by atoms with Crippen molar-refractivity contribution in [1.29, 1.82) is 0 Å². The van der Waals surface area contributed by atoms with E-state index in [9.17, 15) is 43.5 Å². The van der Waals surface area contributed by atoms with Gasteiger partial charge in [-0.3, -0.25) is 24.0 Å². The second-order valence-electron chi connectivity index (χ2n) is 24.9. The van der Waals surface area contributed by atoms with Crippen molar-refractivity contribution in [2.45, 2.75) is 112 Å². The first-order valence-corrected chi connectivity index (χ1v) is 32.5. The fourth-order valence-corrected chi connectivity index (χ4v) is 12.8. The molecule has 3 aromatic heterocycles. The summed E-state index contributed by atoms with van der Waals surface area (Å²) >= 11 is 21.0. The number of carbonyl (C=O) groups excluding carboxylic acids is 7. The molecule has 97 heavy (non-hydrogen) atoms. The molecule has 0 amide bonds. The fraction of sp³-hybridized carbons (Fsp3) is 0.292. The molecule has 25 heteroatoms.